The molecule has 3 aromatic rings. The van der Waals surface area contributed by atoms with Crippen LogP contribution in [0.4, 0.5) is 10.5 Å². The lowest BCUT2D eigenvalue weighted by Crippen LogP contribution is -2.47. The molecule has 1 aliphatic heterocycles. The zero-order chi connectivity index (χ0) is 24.8. The minimum absolute atomic E-state index is 0.0712. The number of carbonyl (C=O) groups excluding carboxylic acids is 2. The van der Waals surface area contributed by atoms with E-state index in [0.29, 0.717) is 29.6 Å². The number of rotatable bonds is 8. The molecule has 0 fully saturated rings. The van der Waals surface area contributed by atoms with Gasteiger partial charge in [0.1, 0.15) is 12.3 Å². The normalized spacial score (nSPS) is 14.7. The van der Waals surface area contributed by atoms with E-state index in [0.717, 1.165) is 17.5 Å². The minimum Gasteiger partial charge on any atom is -0.492 e. The lowest BCUT2D eigenvalue weighted by atomic mass is 9.93. The number of hydrogen-bond donors (Lipinski definition) is 1. The summed E-state index contributed by atoms with van der Waals surface area (Å²) in [7, 11) is 0. The highest BCUT2D eigenvalue weighted by Gasteiger charge is 2.34. The molecule has 1 N–H and O–H groups in total. The van der Waals surface area contributed by atoms with Crippen molar-refractivity contribution in [2.75, 3.05) is 31.6 Å². The molecule has 0 aliphatic carbocycles. The number of ether oxygens (including phenoxy) is 1. The number of benzene rings is 2. The molecular formula is C27H28ClN3O3S. The van der Waals surface area contributed by atoms with Gasteiger partial charge in [0.05, 0.1) is 18.3 Å². The summed E-state index contributed by atoms with van der Waals surface area (Å²) >= 11 is 7.83. The zero-order valence-corrected chi connectivity index (χ0v) is 21.1. The molecule has 2 aromatic carbocycles. The summed E-state index contributed by atoms with van der Waals surface area (Å²) in [4.78, 5) is 31.4. The van der Waals surface area contributed by atoms with Gasteiger partial charge in [0, 0.05) is 23.0 Å². The van der Waals surface area contributed by atoms with E-state index in [2.05, 4.69) is 23.3 Å². The average molecular weight is 510 g/mol. The fourth-order valence-corrected chi connectivity index (χ4v) is 5.29. The Kier molecular flexibility index (Phi) is 8.10. The molecule has 1 aromatic heterocycles. The predicted molar refractivity (Wildman–Crippen MR) is 141 cm³/mol. The van der Waals surface area contributed by atoms with Crippen LogP contribution >= 0.6 is 22.9 Å². The summed E-state index contributed by atoms with van der Waals surface area (Å²) in [5, 5.41) is 5.59. The van der Waals surface area contributed by atoms with Gasteiger partial charge in [0.15, 0.2) is 0 Å². The van der Waals surface area contributed by atoms with Crippen molar-refractivity contribution in [1.82, 2.24) is 9.80 Å². The Balaban J connectivity index is 1.55. The van der Waals surface area contributed by atoms with Crippen LogP contribution in [0.5, 0.6) is 5.75 Å². The van der Waals surface area contributed by atoms with E-state index in [1.54, 1.807) is 29.5 Å². The molecule has 35 heavy (non-hydrogen) atoms. The second kappa shape index (κ2) is 11.4. The number of para-hydroxylation sites is 2. The molecule has 0 spiro atoms. The van der Waals surface area contributed by atoms with Crippen LogP contribution in [-0.4, -0.2) is 48.0 Å². The fraction of sp³-hybridized carbons (Fsp3) is 0.259. The number of halogens is 1. The van der Waals surface area contributed by atoms with E-state index in [1.807, 2.05) is 48.2 Å². The second-order valence-corrected chi connectivity index (χ2v) is 9.56. The molecule has 1 atom stereocenters. The highest BCUT2D eigenvalue weighted by atomic mass is 35.5. The van der Waals surface area contributed by atoms with Crippen molar-refractivity contribution in [3.8, 4) is 5.75 Å². The van der Waals surface area contributed by atoms with E-state index in [1.165, 1.54) is 9.78 Å². The lowest BCUT2D eigenvalue weighted by molar-refractivity contribution is -0.133. The lowest BCUT2D eigenvalue weighted by Gasteiger charge is -2.37. The van der Waals surface area contributed by atoms with Gasteiger partial charge in [0.2, 0.25) is 5.91 Å². The molecular weight excluding hydrogens is 482 g/mol. The Labute approximate surface area is 214 Å². The van der Waals surface area contributed by atoms with E-state index < -0.39 is 0 Å². The van der Waals surface area contributed by atoms with Crippen LogP contribution in [-0.2, 0) is 11.2 Å². The van der Waals surface area contributed by atoms with Crippen LogP contribution in [0.2, 0.25) is 5.02 Å². The van der Waals surface area contributed by atoms with Gasteiger partial charge in [-0.2, -0.15) is 0 Å². The van der Waals surface area contributed by atoms with E-state index in [-0.39, 0.29) is 31.1 Å². The maximum Gasteiger partial charge on any atom is 0.322 e. The number of thiophene rings is 1. The number of urea groups is 1. The number of fused-ring (bicyclic) bond motifs is 1. The molecule has 1 unspecified atom stereocenters. The molecule has 0 radical (unpaired) electrons. The molecule has 3 amide bonds. The van der Waals surface area contributed by atoms with Crippen LogP contribution in [0.1, 0.15) is 29.0 Å². The first-order valence-electron chi connectivity index (χ1n) is 11.5. The van der Waals surface area contributed by atoms with Gasteiger partial charge in [0.25, 0.3) is 0 Å². The minimum atomic E-state index is -0.387. The van der Waals surface area contributed by atoms with Gasteiger partial charge in [-0.3, -0.25) is 4.79 Å². The molecule has 0 saturated carbocycles. The highest BCUT2D eigenvalue weighted by Crippen LogP contribution is 2.38. The third-order valence-corrected chi connectivity index (χ3v) is 7.11. The summed E-state index contributed by atoms with van der Waals surface area (Å²) in [5.74, 6) is 0.453. The van der Waals surface area contributed by atoms with Gasteiger partial charge >= 0.3 is 6.03 Å². The molecule has 182 valence electrons. The van der Waals surface area contributed by atoms with E-state index in [9.17, 15) is 9.59 Å². The van der Waals surface area contributed by atoms with Gasteiger partial charge in [-0.05, 0) is 60.2 Å². The van der Waals surface area contributed by atoms with Crippen LogP contribution < -0.4 is 10.1 Å². The third kappa shape index (κ3) is 5.69. The van der Waals surface area contributed by atoms with Crippen molar-refractivity contribution in [3.05, 3.63) is 93.7 Å². The molecule has 0 saturated heterocycles. The first-order valence-corrected chi connectivity index (χ1v) is 12.8. The zero-order valence-electron chi connectivity index (χ0n) is 19.6. The Morgan fingerprint density at radius 2 is 2.00 bits per heavy atom. The van der Waals surface area contributed by atoms with Crippen molar-refractivity contribution in [1.29, 1.82) is 0 Å². The quantitative estimate of drug-likeness (QED) is 0.379. The van der Waals surface area contributed by atoms with Crippen molar-refractivity contribution in [3.63, 3.8) is 0 Å². The third-order valence-electron chi connectivity index (χ3n) is 5.86. The standard InChI is InChI=1S/C27H28ClN3O3S/c1-3-15-30(27(33)29-22-7-5-6-8-23(22)34-4-2)18-25(32)31-16-13-24-21(14-17-35-24)26(31)19-9-11-20(28)12-10-19/h3,5-12,14,17,26H,1,4,13,15-16,18H2,2H3,(H,29,33). The molecule has 6 nitrogen and oxygen atoms in total. The number of hydrogen-bond acceptors (Lipinski definition) is 4. The first kappa shape index (κ1) is 24.8. The number of carbonyl (C=O) groups is 2. The van der Waals surface area contributed by atoms with Crippen molar-refractivity contribution >= 4 is 40.6 Å². The highest BCUT2D eigenvalue weighted by molar-refractivity contribution is 7.10. The number of amides is 3. The van der Waals surface area contributed by atoms with Crippen LogP contribution in [0, 0.1) is 0 Å². The fourth-order valence-electron chi connectivity index (χ4n) is 4.26. The van der Waals surface area contributed by atoms with E-state index >= 15 is 0 Å². The number of nitrogens with one attached hydrogen (secondary N) is 1. The summed E-state index contributed by atoms with van der Waals surface area (Å²) in [6.45, 7) is 6.87. The summed E-state index contributed by atoms with van der Waals surface area (Å²) in [5.41, 5.74) is 2.68. The summed E-state index contributed by atoms with van der Waals surface area (Å²) in [6, 6.07) is 16.3. The average Bonchev–Trinajstić information content (AvgIpc) is 3.34. The SMILES string of the molecule is C=CCN(CC(=O)N1CCc2sccc2C1c1ccc(Cl)cc1)C(=O)Nc1ccccc1OCC. The maximum atomic E-state index is 13.6. The monoisotopic (exact) mass is 509 g/mol. The Bertz CT molecular complexity index is 1190. The molecule has 4 rings (SSSR count). The van der Waals surface area contributed by atoms with Gasteiger partial charge in [-0.1, -0.05) is 41.9 Å². The summed E-state index contributed by atoms with van der Waals surface area (Å²) < 4.78 is 5.61. The van der Waals surface area contributed by atoms with Crippen LogP contribution in [0.25, 0.3) is 0 Å². The Morgan fingerprint density at radius 1 is 1.23 bits per heavy atom. The molecule has 2 heterocycles. The van der Waals surface area contributed by atoms with Gasteiger partial charge in [-0.25, -0.2) is 4.79 Å². The van der Waals surface area contributed by atoms with Crippen molar-refractivity contribution in [2.45, 2.75) is 19.4 Å². The predicted octanol–water partition coefficient (Wildman–Crippen LogP) is 5.99. The number of anilines is 1. The van der Waals surface area contributed by atoms with E-state index in [4.69, 9.17) is 16.3 Å². The van der Waals surface area contributed by atoms with Gasteiger partial charge < -0.3 is 19.9 Å². The smallest absolute Gasteiger partial charge is 0.322 e. The van der Waals surface area contributed by atoms with Crippen molar-refractivity contribution < 1.29 is 14.3 Å². The molecule has 1 aliphatic rings. The Morgan fingerprint density at radius 3 is 2.74 bits per heavy atom. The number of nitrogens with zero attached hydrogens (tertiary/aromatic N) is 2. The topological polar surface area (TPSA) is 61.9 Å². The summed E-state index contributed by atoms with van der Waals surface area (Å²) in [6.07, 6.45) is 2.41. The van der Waals surface area contributed by atoms with Gasteiger partial charge in [-0.15, -0.1) is 17.9 Å². The van der Waals surface area contributed by atoms with Crippen LogP contribution in [0.3, 0.4) is 0 Å². The van der Waals surface area contributed by atoms with Crippen molar-refractivity contribution in [2.24, 2.45) is 0 Å². The Hall–Kier alpha value is -3.29. The van der Waals surface area contributed by atoms with Crippen LogP contribution in [0.15, 0.2) is 72.6 Å². The molecule has 8 heteroatoms. The largest absolute Gasteiger partial charge is 0.492 e. The maximum absolute atomic E-state index is 13.6. The molecule has 0 bridgehead atoms. The first-order chi connectivity index (χ1) is 17.0. The second-order valence-electron chi connectivity index (χ2n) is 8.12.